The molecule has 2 aromatic carbocycles. The van der Waals surface area contributed by atoms with Gasteiger partial charge in [0.05, 0.1) is 26.1 Å². The molecule has 9 heteroatoms. The van der Waals surface area contributed by atoms with Gasteiger partial charge in [-0.15, -0.1) is 0 Å². The lowest BCUT2D eigenvalue weighted by Gasteiger charge is -2.10. The molecule has 0 atom stereocenters. The smallest absolute Gasteiger partial charge is 0.336 e. The second-order valence-electron chi connectivity index (χ2n) is 5.54. The van der Waals surface area contributed by atoms with Crippen molar-refractivity contribution in [2.75, 3.05) is 4.72 Å². The maximum atomic E-state index is 12.8. The minimum absolute atomic E-state index is 0.0274. The van der Waals surface area contributed by atoms with Crippen LogP contribution in [0, 0.1) is 0 Å². The van der Waals surface area contributed by atoms with Crippen LogP contribution in [0.4, 0.5) is 5.69 Å². The van der Waals surface area contributed by atoms with E-state index in [0.29, 0.717) is 37.6 Å². The third-order valence-electron chi connectivity index (χ3n) is 3.88. The van der Waals surface area contributed by atoms with E-state index in [-0.39, 0.29) is 4.90 Å². The van der Waals surface area contributed by atoms with Gasteiger partial charge < -0.3 is 9.40 Å². The van der Waals surface area contributed by atoms with Gasteiger partial charge in [0, 0.05) is 23.0 Å². The van der Waals surface area contributed by atoms with Crippen LogP contribution in [0.3, 0.4) is 0 Å². The van der Waals surface area contributed by atoms with E-state index in [0.717, 1.165) is 0 Å². The topological polar surface area (TPSA) is 92.2 Å². The Morgan fingerprint density at radius 3 is 2.62 bits per heavy atom. The number of H-pyrrole nitrogens is 1. The highest BCUT2D eigenvalue weighted by Gasteiger charge is 2.18. The van der Waals surface area contributed by atoms with Gasteiger partial charge in [-0.1, -0.05) is 23.2 Å². The monoisotopic (exact) mass is 408 g/mol. The molecule has 2 heterocycles. The van der Waals surface area contributed by atoms with E-state index >= 15 is 0 Å². The first kappa shape index (κ1) is 17.0. The normalized spacial score (nSPS) is 11.9. The number of rotatable bonds is 3. The number of aromatic nitrogens is 1. The van der Waals surface area contributed by atoms with Crippen LogP contribution in [0.15, 0.2) is 62.8 Å². The summed E-state index contributed by atoms with van der Waals surface area (Å²) in [5.41, 5.74) is 0.605. The molecule has 4 rings (SSSR count). The van der Waals surface area contributed by atoms with Crippen LogP contribution in [0.5, 0.6) is 0 Å². The molecular formula is C17H10Cl2N2O4S. The van der Waals surface area contributed by atoms with Gasteiger partial charge in [0.2, 0.25) is 0 Å². The van der Waals surface area contributed by atoms with Gasteiger partial charge in [-0.25, -0.2) is 13.2 Å². The molecule has 0 fully saturated rings. The average Bonchev–Trinajstić information content (AvgIpc) is 3.00. The number of halogens is 2. The van der Waals surface area contributed by atoms with Crippen molar-refractivity contribution >= 4 is 60.8 Å². The van der Waals surface area contributed by atoms with Crippen LogP contribution in [-0.2, 0) is 10.0 Å². The Morgan fingerprint density at radius 2 is 1.81 bits per heavy atom. The van der Waals surface area contributed by atoms with E-state index in [4.69, 9.17) is 27.6 Å². The molecule has 6 nitrogen and oxygen atoms in total. The molecule has 0 spiro atoms. The number of aromatic amines is 1. The van der Waals surface area contributed by atoms with Gasteiger partial charge in [0.15, 0.2) is 0 Å². The van der Waals surface area contributed by atoms with Crippen LogP contribution in [0.25, 0.3) is 21.9 Å². The van der Waals surface area contributed by atoms with Crippen LogP contribution in [0.1, 0.15) is 0 Å². The fraction of sp³-hybridized carbons (Fsp3) is 0. The molecule has 0 aliphatic heterocycles. The summed E-state index contributed by atoms with van der Waals surface area (Å²) in [5.74, 6) is 0. The Bertz CT molecular complexity index is 1330. The number of nitrogens with one attached hydrogen (secondary N) is 2. The molecule has 0 amide bonds. The van der Waals surface area contributed by atoms with Crippen LogP contribution < -0.4 is 10.3 Å². The highest BCUT2D eigenvalue weighted by Crippen LogP contribution is 2.35. The zero-order chi connectivity index (χ0) is 18.5. The first-order valence-electron chi connectivity index (χ1n) is 7.37. The molecule has 0 radical (unpaired) electrons. The minimum Gasteiger partial charge on any atom is -0.423 e. The predicted molar refractivity (Wildman–Crippen MR) is 102 cm³/mol. The lowest BCUT2D eigenvalue weighted by molar-refractivity contribution is 0.560. The Kier molecular flexibility index (Phi) is 3.95. The summed E-state index contributed by atoms with van der Waals surface area (Å²) in [5, 5.41) is 1.84. The first-order valence-corrected chi connectivity index (χ1v) is 9.61. The lowest BCUT2D eigenvalue weighted by atomic mass is 10.2. The molecule has 0 bridgehead atoms. The van der Waals surface area contributed by atoms with E-state index in [9.17, 15) is 13.2 Å². The summed E-state index contributed by atoms with van der Waals surface area (Å²) in [6.07, 6.45) is 1.54. The second kappa shape index (κ2) is 6.05. The molecule has 0 unspecified atom stereocenters. The van der Waals surface area contributed by atoms with Crippen molar-refractivity contribution in [3.8, 4) is 0 Å². The molecule has 26 heavy (non-hydrogen) atoms. The Balaban J connectivity index is 1.80. The zero-order valence-corrected chi connectivity index (χ0v) is 15.2. The van der Waals surface area contributed by atoms with Crippen LogP contribution in [0.2, 0.25) is 10.0 Å². The fourth-order valence-corrected chi connectivity index (χ4v) is 4.34. The molecular weight excluding hydrogens is 399 g/mol. The van der Waals surface area contributed by atoms with Crippen molar-refractivity contribution in [1.29, 1.82) is 0 Å². The molecule has 132 valence electrons. The number of hydrogen-bond donors (Lipinski definition) is 2. The van der Waals surface area contributed by atoms with Crippen molar-refractivity contribution in [2.45, 2.75) is 4.90 Å². The molecule has 0 aliphatic carbocycles. The van der Waals surface area contributed by atoms with Crippen molar-refractivity contribution in [3.05, 3.63) is 69.1 Å². The van der Waals surface area contributed by atoms with Gasteiger partial charge in [-0.2, -0.15) is 0 Å². The van der Waals surface area contributed by atoms with E-state index in [2.05, 4.69) is 9.71 Å². The van der Waals surface area contributed by atoms with Gasteiger partial charge in [0.1, 0.15) is 5.58 Å². The third-order valence-corrected chi connectivity index (χ3v) is 5.86. The highest BCUT2D eigenvalue weighted by atomic mass is 35.5. The number of hydrogen-bond acceptors (Lipinski definition) is 4. The highest BCUT2D eigenvalue weighted by molar-refractivity contribution is 7.92. The standard InChI is InChI=1S/C17H10Cl2N2O4S/c18-11-3-4-13(17-16(11)12(19)8-20-17)21-26(23,24)10-2-5-14-9(7-10)1-6-15(22)25-14/h1-8,20-21H. The molecule has 0 saturated heterocycles. The summed E-state index contributed by atoms with van der Waals surface area (Å²) in [4.78, 5) is 14.2. The molecule has 4 aromatic rings. The van der Waals surface area contributed by atoms with Crippen molar-refractivity contribution in [3.63, 3.8) is 0 Å². The van der Waals surface area contributed by atoms with E-state index in [1.807, 2.05) is 0 Å². The van der Waals surface area contributed by atoms with Gasteiger partial charge in [0.25, 0.3) is 10.0 Å². The predicted octanol–water partition coefficient (Wildman–Crippen LogP) is 4.38. The second-order valence-corrected chi connectivity index (χ2v) is 8.04. The summed E-state index contributed by atoms with van der Waals surface area (Å²) in [6.45, 7) is 0. The van der Waals surface area contributed by atoms with E-state index in [1.165, 1.54) is 36.5 Å². The molecule has 0 aliphatic rings. The Morgan fingerprint density at radius 1 is 1.00 bits per heavy atom. The largest absolute Gasteiger partial charge is 0.423 e. The SMILES string of the molecule is O=c1ccc2cc(S(=O)(=O)Nc3ccc(Cl)c4c(Cl)c[nH]c34)ccc2o1. The number of anilines is 1. The quantitative estimate of drug-likeness (QED) is 0.491. The maximum Gasteiger partial charge on any atom is 0.336 e. The van der Waals surface area contributed by atoms with Crippen molar-refractivity contribution < 1.29 is 12.8 Å². The number of fused-ring (bicyclic) bond motifs is 2. The molecule has 2 N–H and O–H groups in total. The maximum absolute atomic E-state index is 12.8. The molecule has 2 aromatic heterocycles. The van der Waals surface area contributed by atoms with Gasteiger partial charge in [-0.3, -0.25) is 4.72 Å². The Labute approximate surface area is 157 Å². The van der Waals surface area contributed by atoms with Crippen molar-refractivity contribution in [2.24, 2.45) is 0 Å². The first-order chi connectivity index (χ1) is 12.3. The minimum atomic E-state index is -3.89. The fourth-order valence-electron chi connectivity index (χ4n) is 2.67. The van der Waals surface area contributed by atoms with Gasteiger partial charge >= 0.3 is 5.63 Å². The Hall–Kier alpha value is -2.48. The van der Waals surface area contributed by atoms with Crippen LogP contribution >= 0.6 is 23.2 Å². The summed E-state index contributed by atoms with van der Waals surface area (Å²) in [7, 11) is -3.89. The van der Waals surface area contributed by atoms with Crippen LogP contribution in [-0.4, -0.2) is 13.4 Å². The van der Waals surface area contributed by atoms with E-state index in [1.54, 1.807) is 12.1 Å². The average molecular weight is 409 g/mol. The lowest BCUT2D eigenvalue weighted by Crippen LogP contribution is -2.13. The van der Waals surface area contributed by atoms with Gasteiger partial charge in [-0.05, 0) is 36.4 Å². The summed E-state index contributed by atoms with van der Waals surface area (Å²) < 4.78 is 33.1. The summed E-state index contributed by atoms with van der Waals surface area (Å²) in [6, 6.07) is 10.1. The van der Waals surface area contributed by atoms with E-state index < -0.39 is 15.6 Å². The number of benzene rings is 2. The van der Waals surface area contributed by atoms with Crippen molar-refractivity contribution in [1.82, 2.24) is 4.98 Å². The number of sulfonamides is 1. The third kappa shape index (κ3) is 2.84. The summed E-state index contributed by atoms with van der Waals surface area (Å²) >= 11 is 12.2. The molecule has 0 saturated carbocycles. The zero-order valence-electron chi connectivity index (χ0n) is 12.9.